The fraction of sp³-hybridized carbons (Fsp3) is 0.417. The molecule has 2 aromatic carbocycles. The van der Waals surface area contributed by atoms with Crippen LogP contribution in [0.5, 0.6) is 5.75 Å². The number of amides is 2. The summed E-state index contributed by atoms with van der Waals surface area (Å²) < 4.78 is 31.4. The van der Waals surface area contributed by atoms with E-state index in [1.165, 1.54) is 11.0 Å². The smallest absolute Gasteiger partial charge is 0.244 e. The van der Waals surface area contributed by atoms with Crippen LogP contribution in [-0.2, 0) is 26.2 Å². The fourth-order valence-corrected chi connectivity index (χ4v) is 4.54. The first-order valence-electron chi connectivity index (χ1n) is 10.9. The Morgan fingerprint density at radius 3 is 2.35 bits per heavy atom. The van der Waals surface area contributed by atoms with Crippen molar-refractivity contribution in [3.63, 3.8) is 0 Å². The van der Waals surface area contributed by atoms with Crippen molar-refractivity contribution in [2.24, 2.45) is 0 Å². The molecule has 0 spiro atoms. The monoisotopic (exact) mass is 509 g/mol. The van der Waals surface area contributed by atoms with Crippen molar-refractivity contribution >= 4 is 39.1 Å². The van der Waals surface area contributed by atoms with E-state index in [1.54, 1.807) is 43.5 Å². The van der Waals surface area contributed by atoms with Crippen LogP contribution in [-0.4, -0.2) is 57.1 Å². The van der Waals surface area contributed by atoms with E-state index in [4.69, 9.17) is 16.3 Å². The van der Waals surface area contributed by atoms with E-state index in [-0.39, 0.29) is 24.2 Å². The maximum atomic E-state index is 13.6. The van der Waals surface area contributed by atoms with E-state index in [1.807, 2.05) is 26.8 Å². The predicted octanol–water partition coefficient (Wildman–Crippen LogP) is 3.45. The van der Waals surface area contributed by atoms with Crippen LogP contribution in [0.1, 0.15) is 32.8 Å². The van der Waals surface area contributed by atoms with Gasteiger partial charge < -0.3 is 15.0 Å². The molecule has 1 N–H and O–H groups in total. The number of methoxy groups -OCH3 is 1. The van der Waals surface area contributed by atoms with Crippen LogP contribution in [0.2, 0.25) is 5.02 Å². The van der Waals surface area contributed by atoms with E-state index in [2.05, 4.69) is 5.32 Å². The highest BCUT2D eigenvalue weighted by Crippen LogP contribution is 2.23. The Kier molecular flexibility index (Phi) is 9.76. The molecule has 0 heterocycles. The summed E-state index contributed by atoms with van der Waals surface area (Å²) in [6.07, 6.45) is 1.38. The number of ether oxygens (including phenoxy) is 1. The largest absolute Gasteiger partial charge is 0.497 e. The second-order valence-corrected chi connectivity index (χ2v) is 10.6. The zero-order valence-corrected chi connectivity index (χ0v) is 21.7. The molecule has 8 nitrogen and oxygen atoms in total. The molecular formula is C24H32ClN3O5S. The van der Waals surface area contributed by atoms with Crippen LogP contribution in [0, 0.1) is 0 Å². The minimum Gasteiger partial charge on any atom is -0.497 e. The summed E-state index contributed by atoms with van der Waals surface area (Å²) in [5, 5.41) is 3.20. The molecular weight excluding hydrogens is 478 g/mol. The maximum Gasteiger partial charge on any atom is 0.244 e. The lowest BCUT2D eigenvalue weighted by atomic mass is 10.1. The predicted molar refractivity (Wildman–Crippen MR) is 135 cm³/mol. The number of carbonyl (C=O) groups excluding carboxylic acids is 2. The van der Waals surface area contributed by atoms with E-state index in [9.17, 15) is 18.0 Å². The minimum atomic E-state index is -3.81. The molecule has 0 saturated heterocycles. The molecule has 0 bridgehead atoms. The third-order valence-electron chi connectivity index (χ3n) is 5.08. The van der Waals surface area contributed by atoms with Crippen molar-refractivity contribution in [2.45, 2.75) is 45.8 Å². The Hall–Kier alpha value is -2.78. The molecule has 34 heavy (non-hydrogen) atoms. The summed E-state index contributed by atoms with van der Waals surface area (Å²) in [5.41, 5.74) is 1.02. The summed E-state index contributed by atoms with van der Waals surface area (Å²) in [7, 11) is -2.27. The van der Waals surface area contributed by atoms with Crippen molar-refractivity contribution in [1.82, 2.24) is 10.2 Å². The lowest BCUT2D eigenvalue weighted by Crippen LogP contribution is -2.53. The molecule has 0 aliphatic carbocycles. The van der Waals surface area contributed by atoms with Gasteiger partial charge in [-0.15, -0.1) is 0 Å². The number of rotatable bonds is 11. The number of sulfonamides is 1. The zero-order chi connectivity index (χ0) is 25.5. The molecule has 10 heteroatoms. The van der Waals surface area contributed by atoms with Gasteiger partial charge in [-0.2, -0.15) is 0 Å². The Labute approximate surface area is 206 Å². The van der Waals surface area contributed by atoms with E-state index in [0.717, 1.165) is 16.1 Å². The van der Waals surface area contributed by atoms with Gasteiger partial charge in [-0.05, 0) is 56.2 Å². The number of nitrogens with zero attached hydrogens (tertiary/aromatic N) is 2. The highest BCUT2D eigenvalue weighted by atomic mass is 35.5. The normalized spacial score (nSPS) is 12.2. The van der Waals surface area contributed by atoms with Gasteiger partial charge in [-0.3, -0.25) is 13.9 Å². The second kappa shape index (κ2) is 12.1. The molecule has 0 fully saturated rings. The lowest BCUT2D eigenvalue weighted by molar-refractivity contribution is -0.140. The highest BCUT2D eigenvalue weighted by molar-refractivity contribution is 7.92. The highest BCUT2D eigenvalue weighted by Gasteiger charge is 2.32. The first-order chi connectivity index (χ1) is 16.0. The summed E-state index contributed by atoms with van der Waals surface area (Å²) in [4.78, 5) is 28.0. The van der Waals surface area contributed by atoms with Gasteiger partial charge in [-0.25, -0.2) is 8.42 Å². The van der Waals surface area contributed by atoms with E-state index >= 15 is 0 Å². The van der Waals surface area contributed by atoms with Crippen LogP contribution >= 0.6 is 11.6 Å². The van der Waals surface area contributed by atoms with Crippen LogP contribution in [0.15, 0.2) is 48.5 Å². The SMILES string of the molecule is CCC(C(=O)NC(C)C)N(Cc1cccc(OC)c1)C(=O)CN(c1cccc(Cl)c1)S(C)(=O)=O. The first-order valence-corrected chi connectivity index (χ1v) is 13.1. The molecule has 1 atom stereocenters. The van der Waals surface area contributed by atoms with E-state index < -0.39 is 28.5 Å². The van der Waals surface area contributed by atoms with Crippen LogP contribution in [0.25, 0.3) is 0 Å². The van der Waals surface area contributed by atoms with Gasteiger partial charge in [-0.1, -0.05) is 36.7 Å². The Morgan fingerprint density at radius 2 is 1.79 bits per heavy atom. The maximum absolute atomic E-state index is 13.6. The number of hydrogen-bond acceptors (Lipinski definition) is 5. The fourth-order valence-electron chi connectivity index (χ4n) is 3.51. The lowest BCUT2D eigenvalue weighted by Gasteiger charge is -2.33. The average molecular weight is 510 g/mol. The molecule has 2 rings (SSSR count). The third kappa shape index (κ3) is 7.63. The summed E-state index contributed by atoms with van der Waals surface area (Å²) >= 11 is 6.06. The van der Waals surface area contributed by atoms with Crippen LogP contribution < -0.4 is 14.4 Å². The molecule has 0 saturated carbocycles. The number of anilines is 1. The molecule has 1 unspecified atom stereocenters. The Balaban J connectivity index is 2.46. The summed E-state index contributed by atoms with van der Waals surface area (Å²) in [6.45, 7) is 5.11. The third-order valence-corrected chi connectivity index (χ3v) is 6.45. The van der Waals surface area contributed by atoms with Crippen molar-refractivity contribution in [3.05, 3.63) is 59.1 Å². The first kappa shape index (κ1) is 27.5. The Morgan fingerprint density at radius 1 is 1.12 bits per heavy atom. The van der Waals surface area contributed by atoms with Crippen molar-refractivity contribution < 1.29 is 22.7 Å². The van der Waals surface area contributed by atoms with Gasteiger partial charge in [0.15, 0.2) is 0 Å². The zero-order valence-electron chi connectivity index (χ0n) is 20.1. The van der Waals surface area contributed by atoms with Crippen molar-refractivity contribution in [1.29, 1.82) is 0 Å². The molecule has 0 aliphatic heterocycles. The van der Waals surface area contributed by atoms with Gasteiger partial charge in [0.2, 0.25) is 21.8 Å². The summed E-state index contributed by atoms with van der Waals surface area (Å²) in [5.74, 6) is -0.206. The van der Waals surface area contributed by atoms with E-state index in [0.29, 0.717) is 17.2 Å². The van der Waals surface area contributed by atoms with Gasteiger partial charge >= 0.3 is 0 Å². The standard InChI is InChI=1S/C24H32ClN3O5S/c1-6-22(24(30)26-17(2)3)27(15-18-9-7-12-21(13-18)33-4)23(29)16-28(34(5,31)32)20-11-8-10-19(25)14-20/h7-14,17,22H,6,15-16H2,1-5H3,(H,26,30). The average Bonchev–Trinajstić information content (AvgIpc) is 2.76. The topological polar surface area (TPSA) is 96.0 Å². The quantitative estimate of drug-likeness (QED) is 0.500. The molecule has 0 aliphatic rings. The van der Waals surface area contributed by atoms with Gasteiger partial charge in [0.1, 0.15) is 18.3 Å². The van der Waals surface area contributed by atoms with Gasteiger partial charge in [0.05, 0.1) is 19.1 Å². The van der Waals surface area contributed by atoms with Crippen LogP contribution in [0.4, 0.5) is 5.69 Å². The van der Waals surface area contributed by atoms with Gasteiger partial charge in [0, 0.05) is 17.6 Å². The number of halogens is 1. The van der Waals surface area contributed by atoms with Crippen molar-refractivity contribution in [3.8, 4) is 5.75 Å². The van der Waals surface area contributed by atoms with Crippen LogP contribution in [0.3, 0.4) is 0 Å². The second-order valence-electron chi connectivity index (χ2n) is 8.21. The number of carbonyl (C=O) groups is 2. The number of nitrogens with one attached hydrogen (secondary N) is 1. The molecule has 186 valence electrons. The van der Waals surface area contributed by atoms with Crippen molar-refractivity contribution in [2.75, 3.05) is 24.2 Å². The molecule has 0 radical (unpaired) electrons. The summed E-state index contributed by atoms with van der Waals surface area (Å²) in [6, 6.07) is 12.5. The number of hydrogen-bond donors (Lipinski definition) is 1. The Bertz CT molecular complexity index is 1110. The van der Waals surface area contributed by atoms with Gasteiger partial charge in [0.25, 0.3) is 0 Å². The molecule has 0 aromatic heterocycles. The number of benzene rings is 2. The molecule has 2 aromatic rings. The minimum absolute atomic E-state index is 0.104. The molecule has 2 amide bonds.